The molecular weight excluding hydrogens is 208 g/mol. The van der Waals surface area contributed by atoms with Gasteiger partial charge in [0.05, 0.1) is 0 Å². The van der Waals surface area contributed by atoms with Crippen molar-refractivity contribution in [2.45, 2.75) is 26.7 Å². The van der Waals surface area contributed by atoms with Crippen LogP contribution in [0.4, 0.5) is 0 Å². The van der Waals surface area contributed by atoms with Crippen LogP contribution in [-0.4, -0.2) is 29.5 Å². The minimum Gasteiger partial charge on any atom is -0.361 e. The van der Waals surface area contributed by atoms with Crippen LogP contribution >= 0.6 is 0 Å². The van der Waals surface area contributed by atoms with E-state index in [1.165, 1.54) is 10.9 Å². The topological polar surface area (TPSA) is 19.0 Å². The lowest BCUT2D eigenvalue weighted by molar-refractivity contribution is 0.293. The van der Waals surface area contributed by atoms with E-state index in [0.717, 1.165) is 31.4 Å². The van der Waals surface area contributed by atoms with Gasteiger partial charge in [-0.05, 0) is 37.5 Å². The van der Waals surface area contributed by atoms with Crippen molar-refractivity contribution in [1.82, 2.24) is 9.88 Å². The van der Waals surface area contributed by atoms with Crippen LogP contribution < -0.4 is 0 Å². The number of likely N-dealkylation sites (N-methyl/N-ethyl adjacent to an activating group) is 1. The molecule has 0 saturated heterocycles. The van der Waals surface area contributed by atoms with E-state index in [0.29, 0.717) is 0 Å². The van der Waals surface area contributed by atoms with Gasteiger partial charge in [-0.1, -0.05) is 32.0 Å². The van der Waals surface area contributed by atoms with E-state index in [9.17, 15) is 0 Å². The van der Waals surface area contributed by atoms with Gasteiger partial charge in [0, 0.05) is 26.4 Å². The fourth-order valence-electron chi connectivity index (χ4n) is 2.20. The third kappa shape index (κ3) is 2.89. The molecule has 1 aromatic heterocycles. The highest BCUT2D eigenvalue weighted by Crippen LogP contribution is 2.18. The largest absolute Gasteiger partial charge is 0.361 e. The van der Waals surface area contributed by atoms with E-state index in [1.54, 1.807) is 6.92 Å². The summed E-state index contributed by atoms with van der Waals surface area (Å²) in [6, 6.07) is 8.26. The quantitative estimate of drug-likeness (QED) is 0.808. The van der Waals surface area contributed by atoms with E-state index < -0.39 is 6.50 Å². The van der Waals surface area contributed by atoms with Crippen molar-refractivity contribution in [3.8, 4) is 0 Å². The molecule has 0 atom stereocenters. The van der Waals surface area contributed by atoms with Crippen LogP contribution in [0.3, 0.4) is 0 Å². The first-order valence-corrected chi connectivity index (χ1v) is 6.32. The zero-order valence-corrected chi connectivity index (χ0v) is 10.7. The molecule has 0 amide bonds. The molecule has 2 heteroatoms. The highest BCUT2D eigenvalue weighted by Gasteiger charge is 2.05. The van der Waals surface area contributed by atoms with Crippen molar-refractivity contribution in [1.29, 1.82) is 0 Å². The molecule has 1 N–H and O–H groups in total. The number of hydrogen-bond acceptors (Lipinski definition) is 1. The van der Waals surface area contributed by atoms with Gasteiger partial charge in [-0.25, -0.2) is 0 Å². The predicted octanol–water partition coefficient (Wildman–Crippen LogP) is 3.44. The number of rotatable bonds is 6. The molecule has 2 rings (SSSR count). The van der Waals surface area contributed by atoms with Gasteiger partial charge in [0.1, 0.15) is 0 Å². The van der Waals surface area contributed by atoms with Gasteiger partial charge < -0.3 is 9.88 Å². The Balaban J connectivity index is 2.08. The van der Waals surface area contributed by atoms with Gasteiger partial charge >= 0.3 is 0 Å². The molecule has 0 aliphatic rings. The Hall–Kier alpha value is -1.28. The Labute approximate surface area is 106 Å². The second-order valence-corrected chi connectivity index (χ2v) is 4.32. The molecule has 0 aliphatic heterocycles. The molecule has 17 heavy (non-hydrogen) atoms. The van der Waals surface area contributed by atoms with Gasteiger partial charge in [-0.15, -0.1) is 0 Å². The Morgan fingerprint density at radius 2 is 2.06 bits per heavy atom. The van der Waals surface area contributed by atoms with Gasteiger partial charge in [0.25, 0.3) is 0 Å². The normalized spacial score (nSPS) is 14.1. The molecule has 0 fully saturated rings. The highest BCUT2D eigenvalue weighted by molar-refractivity contribution is 5.83. The summed E-state index contributed by atoms with van der Waals surface area (Å²) in [5.41, 5.74) is 2.42. The van der Waals surface area contributed by atoms with Crippen LogP contribution in [0.15, 0.2) is 30.5 Å². The standard InChI is InChI=1S/C15H22N2/c1-3-10-17(4-2)11-9-13-12-16-15-8-6-5-7-14(13)15/h5-8,12,16H,3-4,9-11H2,1-2H3/i4D2. The minimum absolute atomic E-state index is 0.749. The van der Waals surface area contributed by atoms with Crippen LogP contribution in [0.25, 0.3) is 10.9 Å². The summed E-state index contributed by atoms with van der Waals surface area (Å²) in [6.07, 6.45) is 3.89. The number of fused-ring (bicyclic) bond motifs is 1. The number of para-hydroxylation sites is 1. The van der Waals surface area contributed by atoms with E-state index in [1.807, 2.05) is 23.2 Å². The van der Waals surface area contributed by atoms with Crippen molar-refractivity contribution in [3.63, 3.8) is 0 Å². The first-order chi connectivity index (χ1) is 9.02. The minimum atomic E-state index is -1.25. The van der Waals surface area contributed by atoms with Gasteiger partial charge in [-0.2, -0.15) is 0 Å². The van der Waals surface area contributed by atoms with Crippen molar-refractivity contribution >= 4 is 10.9 Å². The summed E-state index contributed by atoms with van der Waals surface area (Å²) in [7, 11) is 0. The second-order valence-electron chi connectivity index (χ2n) is 4.32. The Bertz CT molecular complexity index is 528. The monoisotopic (exact) mass is 232 g/mol. The van der Waals surface area contributed by atoms with E-state index >= 15 is 0 Å². The number of nitrogens with one attached hydrogen (secondary N) is 1. The number of hydrogen-bond donors (Lipinski definition) is 1. The summed E-state index contributed by atoms with van der Waals surface area (Å²) in [5, 5.41) is 1.25. The lowest BCUT2D eigenvalue weighted by atomic mass is 10.1. The molecule has 0 spiro atoms. The third-order valence-electron chi connectivity index (χ3n) is 3.14. The molecule has 2 aromatic rings. The maximum absolute atomic E-state index is 7.87. The SMILES string of the molecule is [2H]C([2H])(C)N(CCC)CCc1c[nH]c2ccccc12. The number of H-pyrrole nitrogens is 1. The van der Waals surface area contributed by atoms with Crippen molar-refractivity contribution in [2.75, 3.05) is 19.6 Å². The molecule has 0 bridgehead atoms. The van der Waals surface area contributed by atoms with E-state index in [4.69, 9.17) is 2.74 Å². The van der Waals surface area contributed by atoms with Crippen LogP contribution in [0.5, 0.6) is 0 Å². The maximum Gasteiger partial charge on any atom is 0.0456 e. The van der Waals surface area contributed by atoms with Crippen LogP contribution in [0.1, 0.15) is 28.6 Å². The molecule has 0 radical (unpaired) electrons. The summed E-state index contributed by atoms with van der Waals surface area (Å²) in [4.78, 5) is 5.18. The summed E-state index contributed by atoms with van der Waals surface area (Å²) in [6.45, 7) is 4.02. The molecular formula is C15H22N2. The fraction of sp³-hybridized carbons (Fsp3) is 0.467. The first-order valence-electron chi connectivity index (χ1n) is 7.32. The first kappa shape index (κ1) is 9.72. The molecule has 92 valence electrons. The maximum atomic E-state index is 7.87. The molecule has 1 heterocycles. The number of aromatic nitrogens is 1. The predicted molar refractivity (Wildman–Crippen MR) is 74.4 cm³/mol. The zero-order chi connectivity index (χ0) is 13.9. The molecule has 0 unspecified atom stereocenters. The van der Waals surface area contributed by atoms with E-state index in [-0.39, 0.29) is 0 Å². The lowest BCUT2D eigenvalue weighted by Gasteiger charge is -2.18. The Kier molecular flexibility index (Phi) is 3.36. The summed E-state index contributed by atoms with van der Waals surface area (Å²) in [5.74, 6) is 0. The van der Waals surface area contributed by atoms with Gasteiger partial charge in [0.15, 0.2) is 0 Å². The van der Waals surface area contributed by atoms with Gasteiger partial charge in [-0.3, -0.25) is 0 Å². The van der Waals surface area contributed by atoms with Crippen LogP contribution in [0, 0.1) is 0 Å². The number of benzene rings is 1. The molecule has 0 saturated carbocycles. The molecule has 2 nitrogen and oxygen atoms in total. The van der Waals surface area contributed by atoms with Crippen molar-refractivity contribution in [3.05, 3.63) is 36.0 Å². The smallest absolute Gasteiger partial charge is 0.0456 e. The summed E-state index contributed by atoms with van der Waals surface area (Å²) >= 11 is 0. The lowest BCUT2D eigenvalue weighted by Crippen LogP contribution is -2.26. The number of aromatic amines is 1. The van der Waals surface area contributed by atoms with Crippen molar-refractivity contribution in [2.24, 2.45) is 0 Å². The molecule has 0 aliphatic carbocycles. The van der Waals surface area contributed by atoms with Crippen molar-refractivity contribution < 1.29 is 2.74 Å². The van der Waals surface area contributed by atoms with Crippen LogP contribution in [-0.2, 0) is 6.42 Å². The second kappa shape index (κ2) is 5.87. The fourth-order valence-corrected chi connectivity index (χ4v) is 2.20. The van der Waals surface area contributed by atoms with Gasteiger partial charge in [0.2, 0.25) is 0 Å². The average molecular weight is 232 g/mol. The Morgan fingerprint density at radius 3 is 2.82 bits per heavy atom. The number of nitrogens with zero attached hydrogens (tertiary/aromatic N) is 1. The van der Waals surface area contributed by atoms with E-state index in [2.05, 4.69) is 24.0 Å². The summed E-state index contributed by atoms with van der Waals surface area (Å²) < 4.78 is 15.7. The highest BCUT2D eigenvalue weighted by atomic mass is 15.1. The molecule has 1 aromatic carbocycles. The zero-order valence-electron chi connectivity index (χ0n) is 12.7. The Morgan fingerprint density at radius 1 is 1.24 bits per heavy atom. The van der Waals surface area contributed by atoms with Crippen LogP contribution in [0.2, 0.25) is 0 Å². The average Bonchev–Trinajstić information content (AvgIpc) is 2.76. The third-order valence-corrected chi connectivity index (χ3v) is 3.14.